The predicted molar refractivity (Wildman–Crippen MR) is 36.3 cm³/mol. The molecule has 0 unspecified atom stereocenters. The number of hydrogen-bond donors (Lipinski definition) is 0. The predicted octanol–water partition coefficient (Wildman–Crippen LogP) is 2.39. The molecule has 0 saturated heterocycles. The van der Waals surface area contributed by atoms with Crippen molar-refractivity contribution in [3.05, 3.63) is 0 Å². The standard InChI is InChI=1S/C3H9P.BF4/c1-4(2)3;2-1(3,4)5/h1-3H3;/q;-1/p+1. The first-order valence-electron chi connectivity index (χ1n) is 2.37. The monoisotopic (exact) mass is 164 g/mol. The Labute approximate surface area is 53.5 Å². The van der Waals surface area contributed by atoms with Gasteiger partial charge in [-0.2, -0.15) is 0 Å². The maximum absolute atomic E-state index is 9.75. The second-order valence-corrected chi connectivity index (χ2v) is 4.99. The van der Waals surface area contributed by atoms with Crippen molar-refractivity contribution in [3.8, 4) is 0 Å². The van der Waals surface area contributed by atoms with Crippen LogP contribution in [0.25, 0.3) is 0 Å². The van der Waals surface area contributed by atoms with Crippen LogP contribution in [0.4, 0.5) is 17.3 Å². The Balaban J connectivity index is 0. The van der Waals surface area contributed by atoms with Crippen LogP contribution in [0, 0.1) is 0 Å². The Bertz CT molecular complexity index is 52.6. The number of hydrogen-bond acceptors (Lipinski definition) is 0. The quantitative estimate of drug-likeness (QED) is 0.293. The smallest absolute Gasteiger partial charge is 0.418 e. The van der Waals surface area contributed by atoms with E-state index < -0.39 is 7.25 Å². The Kier molecular flexibility index (Phi) is 6.68. The van der Waals surface area contributed by atoms with E-state index in [4.69, 9.17) is 0 Å². The molecule has 6 heteroatoms. The van der Waals surface area contributed by atoms with Crippen LogP contribution in [0.15, 0.2) is 0 Å². The lowest BCUT2D eigenvalue weighted by molar-refractivity contribution is 0.368. The summed E-state index contributed by atoms with van der Waals surface area (Å²) in [7, 11) is -5.88. The molecule has 0 fully saturated rings. The van der Waals surface area contributed by atoms with Crippen molar-refractivity contribution < 1.29 is 17.3 Å². The molecule has 0 aliphatic rings. The van der Waals surface area contributed by atoms with Crippen LogP contribution in [-0.4, -0.2) is 27.2 Å². The van der Waals surface area contributed by atoms with E-state index in [1.54, 1.807) is 0 Å². The molecule has 0 N–H and O–H groups in total. The summed E-state index contributed by atoms with van der Waals surface area (Å²) < 4.78 is 39.0. The Morgan fingerprint density at radius 1 is 0.889 bits per heavy atom. The maximum Gasteiger partial charge on any atom is 0.673 e. The summed E-state index contributed by atoms with van der Waals surface area (Å²) in [4.78, 5) is 0. The topological polar surface area (TPSA) is 0 Å². The van der Waals surface area contributed by atoms with E-state index in [0.717, 1.165) is 0 Å². The largest absolute Gasteiger partial charge is 0.673 e. The van der Waals surface area contributed by atoms with Crippen LogP contribution in [0.3, 0.4) is 0 Å². The van der Waals surface area contributed by atoms with E-state index in [1.807, 2.05) is 0 Å². The third-order valence-corrected chi connectivity index (χ3v) is 0. The molecule has 0 amide bonds. The van der Waals surface area contributed by atoms with Crippen molar-refractivity contribution in [2.75, 3.05) is 20.0 Å². The zero-order valence-corrected chi connectivity index (χ0v) is 6.59. The fourth-order valence-corrected chi connectivity index (χ4v) is 0. The number of rotatable bonds is 0. The molecule has 0 spiro atoms. The van der Waals surface area contributed by atoms with Gasteiger partial charge in [0.15, 0.2) is 0 Å². The van der Waals surface area contributed by atoms with Gasteiger partial charge in [0.2, 0.25) is 0 Å². The summed E-state index contributed by atoms with van der Waals surface area (Å²) in [5.74, 6) is 0. The molecule has 0 nitrogen and oxygen atoms in total. The zero-order chi connectivity index (χ0) is 8.08. The van der Waals surface area contributed by atoms with Gasteiger partial charge in [-0.1, -0.05) is 0 Å². The number of halogens is 4. The van der Waals surface area contributed by atoms with Crippen molar-refractivity contribution in [1.82, 2.24) is 0 Å². The minimum atomic E-state index is -6.00. The van der Waals surface area contributed by atoms with Gasteiger partial charge in [-0.05, 0) is 7.92 Å². The molecular weight excluding hydrogens is 154 g/mol. The molecule has 0 saturated carbocycles. The Hall–Kier alpha value is 0.215. The lowest BCUT2D eigenvalue weighted by Crippen LogP contribution is -2.02. The third-order valence-electron chi connectivity index (χ3n) is 0. The van der Waals surface area contributed by atoms with Gasteiger partial charge >= 0.3 is 7.25 Å². The zero-order valence-electron chi connectivity index (χ0n) is 5.59. The molecule has 0 aliphatic carbocycles. The highest BCUT2D eigenvalue weighted by atomic mass is 31.1. The van der Waals surface area contributed by atoms with Gasteiger partial charge in [0.05, 0.1) is 0 Å². The van der Waals surface area contributed by atoms with Gasteiger partial charge in [0.1, 0.15) is 0 Å². The van der Waals surface area contributed by atoms with Gasteiger partial charge in [-0.3, -0.25) is 0 Å². The minimum absolute atomic E-state index is 0.120. The third kappa shape index (κ3) is 6870. The normalized spacial score (nSPS) is 10.7. The Morgan fingerprint density at radius 3 is 0.889 bits per heavy atom. The minimum Gasteiger partial charge on any atom is -0.418 e. The summed E-state index contributed by atoms with van der Waals surface area (Å²) in [6.07, 6.45) is 0. The van der Waals surface area contributed by atoms with Crippen molar-refractivity contribution in [2.45, 2.75) is 0 Å². The van der Waals surface area contributed by atoms with Crippen LogP contribution in [-0.2, 0) is 0 Å². The van der Waals surface area contributed by atoms with Crippen molar-refractivity contribution in [3.63, 3.8) is 0 Å². The molecular formula is C3H10BF4P. The van der Waals surface area contributed by atoms with Gasteiger partial charge < -0.3 is 17.3 Å². The highest BCUT2D eigenvalue weighted by Gasteiger charge is 2.20. The van der Waals surface area contributed by atoms with E-state index in [-0.39, 0.29) is 7.92 Å². The van der Waals surface area contributed by atoms with E-state index >= 15 is 0 Å². The second-order valence-electron chi connectivity index (χ2n) is 1.99. The first-order chi connectivity index (χ1) is 3.73. The summed E-state index contributed by atoms with van der Waals surface area (Å²) in [5.41, 5.74) is 0. The van der Waals surface area contributed by atoms with E-state index in [1.165, 1.54) is 0 Å². The molecule has 0 aromatic heterocycles. The molecule has 0 heterocycles. The molecule has 0 aliphatic heterocycles. The summed E-state index contributed by atoms with van der Waals surface area (Å²) in [6.45, 7) is 6.81. The molecule has 58 valence electrons. The van der Waals surface area contributed by atoms with Crippen LogP contribution in [0.5, 0.6) is 0 Å². The summed E-state index contributed by atoms with van der Waals surface area (Å²) >= 11 is 0. The van der Waals surface area contributed by atoms with Crippen molar-refractivity contribution in [1.29, 1.82) is 0 Å². The van der Waals surface area contributed by atoms with Gasteiger partial charge in [0, 0.05) is 20.0 Å². The van der Waals surface area contributed by atoms with Gasteiger partial charge in [0.25, 0.3) is 0 Å². The first kappa shape index (κ1) is 11.9. The van der Waals surface area contributed by atoms with Crippen LogP contribution in [0.1, 0.15) is 0 Å². The second kappa shape index (κ2) is 5.04. The average Bonchev–Trinajstić information content (AvgIpc) is 1.19. The lowest BCUT2D eigenvalue weighted by atomic mass is 10.3. The van der Waals surface area contributed by atoms with Crippen LogP contribution >= 0.6 is 7.92 Å². The molecule has 0 radical (unpaired) electrons. The average molecular weight is 164 g/mol. The summed E-state index contributed by atoms with van der Waals surface area (Å²) in [6, 6.07) is 0. The van der Waals surface area contributed by atoms with Crippen molar-refractivity contribution >= 4 is 15.2 Å². The van der Waals surface area contributed by atoms with E-state index in [9.17, 15) is 17.3 Å². The fraction of sp³-hybridized carbons (Fsp3) is 1.00. The lowest BCUT2D eigenvalue weighted by Gasteiger charge is -1.94. The summed E-state index contributed by atoms with van der Waals surface area (Å²) in [5, 5.41) is 0. The Morgan fingerprint density at radius 2 is 0.889 bits per heavy atom. The van der Waals surface area contributed by atoms with Crippen molar-refractivity contribution in [2.24, 2.45) is 0 Å². The molecule has 9 heavy (non-hydrogen) atoms. The van der Waals surface area contributed by atoms with E-state index in [0.29, 0.717) is 0 Å². The molecule has 0 rings (SSSR count). The first-order valence-corrected chi connectivity index (χ1v) is 5.37. The molecule has 0 aromatic rings. The highest BCUT2D eigenvalue weighted by molar-refractivity contribution is 7.55. The molecule has 0 aromatic carbocycles. The maximum atomic E-state index is 9.75. The van der Waals surface area contributed by atoms with Crippen LogP contribution < -0.4 is 0 Å². The van der Waals surface area contributed by atoms with Crippen LogP contribution in [0.2, 0.25) is 0 Å². The molecule has 0 atom stereocenters. The SMILES string of the molecule is C[PH+](C)C.F[B-](F)(F)F. The van der Waals surface area contributed by atoms with Gasteiger partial charge in [-0.15, -0.1) is 0 Å². The molecule has 0 bridgehead atoms. The van der Waals surface area contributed by atoms with Gasteiger partial charge in [-0.25, -0.2) is 0 Å². The fourth-order valence-electron chi connectivity index (χ4n) is 0. The highest BCUT2D eigenvalue weighted by Crippen LogP contribution is 2.14. The van der Waals surface area contributed by atoms with E-state index in [2.05, 4.69) is 20.0 Å².